The summed E-state index contributed by atoms with van der Waals surface area (Å²) in [5.74, 6) is 0.313. The lowest BCUT2D eigenvalue weighted by Crippen LogP contribution is -2.54. The van der Waals surface area contributed by atoms with E-state index in [1.807, 2.05) is 30.0 Å². The van der Waals surface area contributed by atoms with Gasteiger partial charge in [0, 0.05) is 43.8 Å². The standard InChI is InChI=1S/C22H29ClN4O3/c1-3-4-7-27-13-17(16-12-14(2)24-19(16)22(27)29)18-6-5-15(20(23)25-18)21(28)26-8-10-30-11-9-26/h3-6,14,16-17,19,24H,7-13H2,1-2H3/b4-3+. The number of hydrogen-bond donors (Lipinski definition) is 1. The number of nitrogens with zero attached hydrogens (tertiary/aromatic N) is 3. The summed E-state index contributed by atoms with van der Waals surface area (Å²) in [6, 6.07) is 3.79. The quantitative estimate of drug-likeness (QED) is 0.582. The fraction of sp³-hybridized carbons (Fsp3) is 0.591. The third-order valence-corrected chi connectivity index (χ3v) is 6.66. The molecule has 3 aliphatic heterocycles. The van der Waals surface area contributed by atoms with Gasteiger partial charge in [-0.05, 0) is 38.3 Å². The molecule has 4 atom stereocenters. The Morgan fingerprint density at radius 2 is 2.13 bits per heavy atom. The first kappa shape index (κ1) is 21.3. The second-order valence-electron chi connectivity index (χ2n) is 8.34. The molecule has 0 bridgehead atoms. The minimum atomic E-state index is -0.195. The maximum atomic E-state index is 12.9. The summed E-state index contributed by atoms with van der Waals surface area (Å²) in [6.45, 7) is 7.48. The van der Waals surface area contributed by atoms with Crippen molar-refractivity contribution in [2.45, 2.75) is 38.3 Å². The van der Waals surface area contributed by atoms with Gasteiger partial charge >= 0.3 is 0 Å². The molecule has 0 spiro atoms. The van der Waals surface area contributed by atoms with Crippen LogP contribution in [0.1, 0.15) is 42.2 Å². The highest BCUT2D eigenvalue weighted by Crippen LogP contribution is 2.39. The Labute approximate surface area is 182 Å². The van der Waals surface area contributed by atoms with E-state index in [0.717, 1.165) is 12.1 Å². The number of ether oxygens (including phenoxy) is 1. The van der Waals surface area contributed by atoms with Crippen molar-refractivity contribution in [3.05, 3.63) is 40.7 Å². The van der Waals surface area contributed by atoms with Crippen molar-refractivity contribution in [3.63, 3.8) is 0 Å². The van der Waals surface area contributed by atoms with Gasteiger partial charge in [0.2, 0.25) is 5.91 Å². The lowest BCUT2D eigenvalue weighted by Gasteiger charge is -2.39. The monoisotopic (exact) mass is 432 g/mol. The SMILES string of the molecule is C/C=C/CN1CC(c2ccc(C(=O)N3CCOCC3)c(Cl)n2)C2CC(C)NC2C1=O. The van der Waals surface area contributed by atoms with Gasteiger partial charge in [-0.15, -0.1) is 0 Å². The van der Waals surface area contributed by atoms with Gasteiger partial charge in [-0.25, -0.2) is 4.98 Å². The summed E-state index contributed by atoms with van der Waals surface area (Å²) in [5.41, 5.74) is 1.27. The lowest BCUT2D eigenvalue weighted by molar-refractivity contribution is -0.137. The molecule has 4 heterocycles. The van der Waals surface area contributed by atoms with Gasteiger partial charge in [0.05, 0.1) is 24.8 Å². The number of rotatable bonds is 4. The molecule has 4 unspecified atom stereocenters. The number of nitrogens with one attached hydrogen (secondary N) is 1. The Hall–Kier alpha value is -1.96. The number of amides is 2. The molecule has 2 amide bonds. The smallest absolute Gasteiger partial charge is 0.257 e. The van der Waals surface area contributed by atoms with Gasteiger partial charge in [0.25, 0.3) is 5.91 Å². The number of morpholine rings is 1. The fourth-order valence-corrected chi connectivity index (χ4v) is 5.06. The van der Waals surface area contributed by atoms with Crippen molar-refractivity contribution in [1.29, 1.82) is 0 Å². The summed E-state index contributed by atoms with van der Waals surface area (Å²) in [7, 11) is 0. The molecule has 1 aromatic rings. The number of allylic oxidation sites excluding steroid dienone is 1. The van der Waals surface area contributed by atoms with Gasteiger partial charge in [0.1, 0.15) is 5.15 Å². The molecule has 0 aromatic carbocycles. The van der Waals surface area contributed by atoms with Crippen molar-refractivity contribution in [2.24, 2.45) is 5.92 Å². The topological polar surface area (TPSA) is 74.8 Å². The minimum absolute atomic E-state index is 0.0837. The number of carbonyl (C=O) groups excluding carboxylic acids is 2. The Morgan fingerprint density at radius 3 is 2.83 bits per heavy atom. The van der Waals surface area contributed by atoms with Crippen LogP contribution in [-0.2, 0) is 9.53 Å². The normalized spacial score (nSPS) is 29.5. The minimum Gasteiger partial charge on any atom is -0.378 e. The van der Waals surface area contributed by atoms with E-state index in [4.69, 9.17) is 16.3 Å². The van der Waals surface area contributed by atoms with E-state index in [9.17, 15) is 9.59 Å². The van der Waals surface area contributed by atoms with Crippen LogP contribution in [0.15, 0.2) is 24.3 Å². The summed E-state index contributed by atoms with van der Waals surface area (Å²) in [4.78, 5) is 34.0. The average Bonchev–Trinajstić information content (AvgIpc) is 3.15. The van der Waals surface area contributed by atoms with Gasteiger partial charge < -0.3 is 19.9 Å². The van der Waals surface area contributed by atoms with Crippen molar-refractivity contribution in [3.8, 4) is 0 Å². The largest absolute Gasteiger partial charge is 0.378 e. The van der Waals surface area contributed by atoms with Crippen LogP contribution in [0.3, 0.4) is 0 Å². The molecule has 30 heavy (non-hydrogen) atoms. The first-order chi connectivity index (χ1) is 14.5. The van der Waals surface area contributed by atoms with Crippen LogP contribution in [0, 0.1) is 5.92 Å². The summed E-state index contributed by atoms with van der Waals surface area (Å²) in [6.07, 6.45) is 4.88. The van der Waals surface area contributed by atoms with Gasteiger partial charge in [-0.1, -0.05) is 23.8 Å². The van der Waals surface area contributed by atoms with Crippen LogP contribution in [0.2, 0.25) is 5.15 Å². The Kier molecular flexibility index (Phi) is 6.41. The van der Waals surface area contributed by atoms with Crippen LogP contribution < -0.4 is 5.32 Å². The second-order valence-corrected chi connectivity index (χ2v) is 8.70. The van der Waals surface area contributed by atoms with Crippen LogP contribution in [-0.4, -0.2) is 78.1 Å². The van der Waals surface area contributed by atoms with Gasteiger partial charge in [0.15, 0.2) is 0 Å². The van der Waals surface area contributed by atoms with E-state index in [1.165, 1.54) is 0 Å². The number of pyridine rings is 1. The molecule has 1 N–H and O–H groups in total. The average molecular weight is 433 g/mol. The maximum absolute atomic E-state index is 12.9. The summed E-state index contributed by atoms with van der Waals surface area (Å²) < 4.78 is 5.32. The van der Waals surface area contributed by atoms with E-state index in [2.05, 4.69) is 17.2 Å². The first-order valence-electron chi connectivity index (χ1n) is 10.7. The predicted octanol–water partition coefficient (Wildman–Crippen LogP) is 2.08. The fourth-order valence-electron chi connectivity index (χ4n) is 4.81. The Bertz CT molecular complexity index is 840. The zero-order valence-electron chi connectivity index (χ0n) is 17.5. The van der Waals surface area contributed by atoms with Crippen molar-refractivity contribution >= 4 is 23.4 Å². The molecular weight excluding hydrogens is 404 g/mol. The number of carbonyl (C=O) groups is 2. The number of piperidine rings is 1. The molecule has 3 fully saturated rings. The zero-order chi connectivity index (χ0) is 21.3. The van der Waals surface area contributed by atoms with E-state index >= 15 is 0 Å². The molecular formula is C22H29ClN4O3. The van der Waals surface area contributed by atoms with Crippen molar-refractivity contribution < 1.29 is 14.3 Å². The highest BCUT2D eigenvalue weighted by atomic mass is 35.5. The van der Waals surface area contributed by atoms with Crippen molar-refractivity contribution in [1.82, 2.24) is 20.1 Å². The molecule has 1 aromatic heterocycles. The Balaban J connectivity index is 1.59. The third-order valence-electron chi connectivity index (χ3n) is 6.37. The summed E-state index contributed by atoms with van der Waals surface area (Å²) in [5, 5.41) is 3.68. The molecule has 8 heteroatoms. The van der Waals surface area contributed by atoms with Gasteiger partial charge in [-0.2, -0.15) is 0 Å². The van der Waals surface area contributed by atoms with E-state index < -0.39 is 0 Å². The van der Waals surface area contributed by atoms with E-state index in [1.54, 1.807) is 11.0 Å². The van der Waals surface area contributed by atoms with Crippen LogP contribution >= 0.6 is 11.6 Å². The molecule has 3 aliphatic rings. The molecule has 0 aliphatic carbocycles. The first-order valence-corrected chi connectivity index (χ1v) is 11.1. The maximum Gasteiger partial charge on any atom is 0.257 e. The van der Waals surface area contributed by atoms with Gasteiger partial charge in [-0.3, -0.25) is 9.59 Å². The van der Waals surface area contributed by atoms with Crippen LogP contribution in [0.5, 0.6) is 0 Å². The summed E-state index contributed by atoms with van der Waals surface area (Å²) >= 11 is 6.49. The van der Waals surface area contributed by atoms with E-state index in [-0.39, 0.29) is 40.9 Å². The second kappa shape index (κ2) is 9.04. The number of hydrogen-bond acceptors (Lipinski definition) is 5. The molecule has 0 saturated carbocycles. The van der Waals surface area contributed by atoms with Crippen molar-refractivity contribution in [2.75, 3.05) is 39.4 Å². The molecule has 4 rings (SSSR count). The zero-order valence-corrected chi connectivity index (χ0v) is 18.3. The highest BCUT2D eigenvalue weighted by Gasteiger charge is 2.47. The molecule has 3 saturated heterocycles. The predicted molar refractivity (Wildman–Crippen MR) is 115 cm³/mol. The van der Waals surface area contributed by atoms with E-state index in [0.29, 0.717) is 45.0 Å². The number of aromatic nitrogens is 1. The molecule has 0 radical (unpaired) electrons. The van der Waals surface area contributed by atoms with Crippen LogP contribution in [0.4, 0.5) is 0 Å². The van der Waals surface area contributed by atoms with Crippen LogP contribution in [0.25, 0.3) is 0 Å². The number of likely N-dealkylation sites (tertiary alicyclic amines) is 1. The lowest BCUT2D eigenvalue weighted by atomic mass is 9.79. The third kappa shape index (κ3) is 4.11. The number of halogens is 1. The molecule has 7 nitrogen and oxygen atoms in total. The molecule has 162 valence electrons. The Morgan fingerprint density at radius 1 is 1.37 bits per heavy atom. The number of fused-ring (bicyclic) bond motifs is 1. The highest BCUT2D eigenvalue weighted by molar-refractivity contribution is 6.32.